The summed E-state index contributed by atoms with van der Waals surface area (Å²) in [5.74, 6) is -0.416. The molecule has 0 radical (unpaired) electrons. The first-order chi connectivity index (χ1) is 14.0. The maximum atomic E-state index is 12.5. The summed E-state index contributed by atoms with van der Waals surface area (Å²) in [5.41, 5.74) is 3.63. The van der Waals surface area contributed by atoms with Crippen molar-refractivity contribution in [2.75, 3.05) is 5.32 Å². The van der Waals surface area contributed by atoms with Gasteiger partial charge in [0.15, 0.2) is 0 Å². The molecule has 0 unspecified atom stereocenters. The van der Waals surface area contributed by atoms with Crippen LogP contribution in [-0.4, -0.2) is 5.91 Å². The van der Waals surface area contributed by atoms with Gasteiger partial charge >= 0.3 is 0 Å². The molecule has 0 atom stereocenters. The Hall–Kier alpha value is -3.00. The lowest BCUT2D eigenvalue weighted by atomic mass is 10.1. The average Bonchev–Trinajstić information content (AvgIpc) is 2.72. The highest BCUT2D eigenvalue weighted by Gasteiger charge is 2.11. The summed E-state index contributed by atoms with van der Waals surface area (Å²) in [5, 5.41) is 13.0. The number of halogens is 1. The maximum absolute atomic E-state index is 12.5. The normalized spacial score (nSPS) is 11.0. The number of hydrogen-bond acceptors (Lipinski definition) is 3. The van der Waals surface area contributed by atoms with Gasteiger partial charge in [0.05, 0.1) is 0 Å². The number of carbonyl (C=O) groups excluding carboxylic acids is 1. The molecule has 0 saturated carbocycles. The molecule has 0 aliphatic heterocycles. The largest absolute Gasteiger partial charge is 0.321 e. The molecule has 0 spiro atoms. The molecule has 0 aromatic heterocycles. The molecular weight excluding hydrogens is 400 g/mol. The van der Waals surface area contributed by atoms with Gasteiger partial charge in [-0.25, -0.2) is 0 Å². The van der Waals surface area contributed by atoms with Gasteiger partial charge in [-0.1, -0.05) is 47.6 Å². The van der Waals surface area contributed by atoms with Crippen LogP contribution in [0.15, 0.2) is 82.1 Å². The van der Waals surface area contributed by atoms with Crippen molar-refractivity contribution in [1.29, 1.82) is 5.26 Å². The summed E-state index contributed by atoms with van der Waals surface area (Å²) < 4.78 is 0. The van der Waals surface area contributed by atoms with E-state index in [9.17, 15) is 10.1 Å². The molecule has 0 bridgehead atoms. The number of hydrogen-bond donors (Lipinski definition) is 1. The molecule has 0 fully saturated rings. The van der Waals surface area contributed by atoms with Gasteiger partial charge in [-0.2, -0.15) is 5.26 Å². The fraction of sp³-hybridized carbons (Fsp3) is 0.0833. The number of carbonyl (C=O) groups is 1. The molecular formula is C24H19ClN2OS. The number of rotatable bonds is 5. The highest BCUT2D eigenvalue weighted by Crippen LogP contribution is 2.29. The second-order valence-electron chi connectivity index (χ2n) is 6.50. The summed E-state index contributed by atoms with van der Waals surface area (Å²) in [6, 6.07) is 23.0. The lowest BCUT2D eigenvalue weighted by Crippen LogP contribution is -2.14. The van der Waals surface area contributed by atoms with Gasteiger partial charge in [0, 0.05) is 20.5 Å². The van der Waals surface area contributed by atoms with Crippen LogP contribution in [-0.2, 0) is 4.79 Å². The second-order valence-corrected chi connectivity index (χ2v) is 8.08. The summed E-state index contributed by atoms with van der Waals surface area (Å²) in [6.07, 6.45) is 1.59. The number of nitriles is 1. The number of anilines is 1. The van der Waals surface area contributed by atoms with Crippen LogP contribution in [0, 0.1) is 25.2 Å². The SMILES string of the molecule is Cc1cccc(NC(=O)/C(C#N)=C\c2ccc(Sc3ccc(Cl)cc3)cc2)c1C. The number of aryl methyl sites for hydroxylation is 1. The van der Waals surface area contributed by atoms with E-state index >= 15 is 0 Å². The number of amides is 1. The zero-order valence-corrected chi connectivity index (χ0v) is 17.6. The Balaban J connectivity index is 1.73. The predicted molar refractivity (Wildman–Crippen MR) is 120 cm³/mol. The van der Waals surface area contributed by atoms with Gasteiger partial charge in [-0.05, 0) is 79.1 Å². The Morgan fingerprint density at radius 2 is 1.62 bits per heavy atom. The molecule has 144 valence electrons. The third kappa shape index (κ3) is 5.51. The average molecular weight is 419 g/mol. The van der Waals surface area contributed by atoms with E-state index in [0.717, 1.165) is 26.5 Å². The quantitative estimate of drug-likeness (QED) is 0.372. The molecule has 3 aromatic rings. The molecule has 3 nitrogen and oxygen atoms in total. The van der Waals surface area contributed by atoms with Crippen LogP contribution in [0.3, 0.4) is 0 Å². The van der Waals surface area contributed by atoms with E-state index in [2.05, 4.69) is 5.32 Å². The number of nitrogens with zero attached hydrogens (tertiary/aromatic N) is 1. The van der Waals surface area contributed by atoms with Crippen molar-refractivity contribution in [3.05, 3.63) is 94.0 Å². The molecule has 1 amide bonds. The zero-order valence-electron chi connectivity index (χ0n) is 16.1. The van der Waals surface area contributed by atoms with Crippen LogP contribution in [0.5, 0.6) is 0 Å². The predicted octanol–water partition coefficient (Wildman–Crippen LogP) is 6.65. The van der Waals surface area contributed by atoms with E-state index in [1.54, 1.807) is 17.8 Å². The van der Waals surface area contributed by atoms with E-state index < -0.39 is 5.91 Å². The molecule has 1 N–H and O–H groups in total. The highest BCUT2D eigenvalue weighted by atomic mass is 35.5. The number of nitrogens with one attached hydrogen (secondary N) is 1. The minimum atomic E-state index is -0.416. The highest BCUT2D eigenvalue weighted by molar-refractivity contribution is 7.99. The second kappa shape index (κ2) is 9.47. The van der Waals surface area contributed by atoms with E-state index in [0.29, 0.717) is 10.7 Å². The lowest BCUT2D eigenvalue weighted by Gasteiger charge is -2.10. The lowest BCUT2D eigenvalue weighted by molar-refractivity contribution is -0.112. The Labute approximate surface area is 180 Å². The van der Waals surface area contributed by atoms with Gasteiger partial charge in [-0.15, -0.1) is 0 Å². The van der Waals surface area contributed by atoms with E-state index in [-0.39, 0.29) is 5.57 Å². The van der Waals surface area contributed by atoms with Gasteiger partial charge in [0.25, 0.3) is 5.91 Å². The molecule has 0 aliphatic rings. The van der Waals surface area contributed by atoms with Crippen molar-refractivity contribution < 1.29 is 4.79 Å². The standard InChI is InChI=1S/C24H19ClN2OS/c1-16-4-3-5-23(17(16)2)27-24(28)19(15-26)14-18-6-10-21(11-7-18)29-22-12-8-20(25)9-13-22/h3-14H,1-2H3,(H,27,28)/b19-14-. The Morgan fingerprint density at radius 3 is 2.24 bits per heavy atom. The van der Waals surface area contributed by atoms with E-state index in [1.165, 1.54) is 0 Å². The third-order valence-corrected chi connectivity index (χ3v) is 5.73. The van der Waals surface area contributed by atoms with Crippen LogP contribution >= 0.6 is 23.4 Å². The van der Waals surface area contributed by atoms with Crippen LogP contribution in [0.2, 0.25) is 5.02 Å². The van der Waals surface area contributed by atoms with Gasteiger partial charge in [-0.3, -0.25) is 4.79 Å². The van der Waals surface area contributed by atoms with Crippen LogP contribution in [0.4, 0.5) is 5.69 Å². The van der Waals surface area contributed by atoms with Gasteiger partial charge in [0.1, 0.15) is 11.6 Å². The van der Waals surface area contributed by atoms with E-state index in [4.69, 9.17) is 11.6 Å². The molecule has 3 aromatic carbocycles. The Morgan fingerprint density at radius 1 is 1.00 bits per heavy atom. The fourth-order valence-corrected chi connectivity index (χ4v) is 3.60. The minimum Gasteiger partial charge on any atom is -0.321 e. The summed E-state index contributed by atoms with van der Waals surface area (Å²) in [4.78, 5) is 14.7. The third-order valence-electron chi connectivity index (χ3n) is 4.46. The van der Waals surface area contributed by atoms with Crippen LogP contribution in [0.25, 0.3) is 6.08 Å². The first-order valence-corrected chi connectivity index (χ1v) is 10.2. The molecule has 5 heteroatoms. The van der Waals surface area contributed by atoms with Crippen LogP contribution < -0.4 is 5.32 Å². The van der Waals surface area contributed by atoms with Crippen molar-refractivity contribution in [2.45, 2.75) is 23.6 Å². The summed E-state index contributed by atoms with van der Waals surface area (Å²) in [7, 11) is 0. The topological polar surface area (TPSA) is 52.9 Å². The van der Waals surface area contributed by atoms with Crippen molar-refractivity contribution in [3.63, 3.8) is 0 Å². The van der Waals surface area contributed by atoms with E-state index in [1.807, 2.05) is 86.6 Å². The molecule has 29 heavy (non-hydrogen) atoms. The van der Waals surface area contributed by atoms with Crippen LogP contribution in [0.1, 0.15) is 16.7 Å². The van der Waals surface area contributed by atoms with Crippen molar-refractivity contribution in [3.8, 4) is 6.07 Å². The first kappa shape index (κ1) is 20.7. The number of benzene rings is 3. The van der Waals surface area contributed by atoms with Crippen molar-refractivity contribution >= 4 is 41.0 Å². The monoisotopic (exact) mass is 418 g/mol. The van der Waals surface area contributed by atoms with Crippen molar-refractivity contribution in [2.24, 2.45) is 0 Å². The smallest absolute Gasteiger partial charge is 0.266 e. The Kier molecular flexibility index (Phi) is 6.77. The molecule has 3 rings (SSSR count). The summed E-state index contributed by atoms with van der Waals surface area (Å²) >= 11 is 7.53. The van der Waals surface area contributed by atoms with Gasteiger partial charge in [0.2, 0.25) is 0 Å². The Bertz CT molecular complexity index is 1100. The first-order valence-electron chi connectivity index (χ1n) is 8.99. The zero-order chi connectivity index (χ0) is 20.8. The molecule has 0 heterocycles. The minimum absolute atomic E-state index is 0.0593. The van der Waals surface area contributed by atoms with Gasteiger partial charge < -0.3 is 5.32 Å². The fourth-order valence-electron chi connectivity index (χ4n) is 2.66. The van der Waals surface area contributed by atoms with Crippen molar-refractivity contribution in [1.82, 2.24) is 0 Å². The molecule has 0 aliphatic carbocycles. The maximum Gasteiger partial charge on any atom is 0.266 e. The molecule has 0 saturated heterocycles. The summed E-state index contributed by atoms with van der Waals surface area (Å²) in [6.45, 7) is 3.92.